The molecule has 4 nitrogen and oxygen atoms in total. The zero-order valence-electron chi connectivity index (χ0n) is 12.2. The van der Waals surface area contributed by atoms with E-state index < -0.39 is 0 Å². The predicted octanol–water partition coefficient (Wildman–Crippen LogP) is 3.24. The molecule has 0 fully saturated rings. The van der Waals surface area contributed by atoms with Crippen LogP contribution in [-0.4, -0.2) is 34.3 Å². The zero-order chi connectivity index (χ0) is 14.4. The van der Waals surface area contributed by atoms with Gasteiger partial charge in [-0.25, -0.2) is 9.97 Å². The van der Waals surface area contributed by atoms with E-state index in [1.54, 1.807) is 6.07 Å². The van der Waals surface area contributed by atoms with E-state index in [0.29, 0.717) is 17.7 Å². The van der Waals surface area contributed by atoms with Crippen LogP contribution in [0.1, 0.15) is 52.3 Å². The Balaban J connectivity index is 3.14. The quantitative estimate of drug-likeness (QED) is 0.782. The van der Waals surface area contributed by atoms with E-state index in [9.17, 15) is 5.11 Å². The topological polar surface area (TPSA) is 49.2 Å². The third kappa shape index (κ3) is 4.32. The first-order valence-electron chi connectivity index (χ1n) is 6.95. The third-order valence-electron chi connectivity index (χ3n) is 3.23. The number of aromatic nitrogens is 2. The predicted molar refractivity (Wildman–Crippen MR) is 79.9 cm³/mol. The summed E-state index contributed by atoms with van der Waals surface area (Å²) in [4.78, 5) is 11.0. The second kappa shape index (κ2) is 7.65. The number of hydrogen-bond acceptors (Lipinski definition) is 4. The van der Waals surface area contributed by atoms with Crippen LogP contribution < -0.4 is 4.90 Å². The normalized spacial score (nSPS) is 11.4. The van der Waals surface area contributed by atoms with Crippen molar-refractivity contribution in [2.75, 3.05) is 18.1 Å². The van der Waals surface area contributed by atoms with E-state index in [0.717, 1.165) is 24.5 Å². The van der Waals surface area contributed by atoms with Gasteiger partial charge in [-0.15, -0.1) is 0 Å². The molecule has 5 heteroatoms. The van der Waals surface area contributed by atoms with Gasteiger partial charge in [0.15, 0.2) is 0 Å². The fourth-order valence-corrected chi connectivity index (χ4v) is 2.33. The van der Waals surface area contributed by atoms with Crippen LogP contribution in [0.15, 0.2) is 6.07 Å². The van der Waals surface area contributed by atoms with Gasteiger partial charge in [0.1, 0.15) is 16.8 Å². The van der Waals surface area contributed by atoms with Gasteiger partial charge in [-0.05, 0) is 12.8 Å². The molecule has 0 spiro atoms. The lowest BCUT2D eigenvalue weighted by molar-refractivity contribution is 0.295. The van der Waals surface area contributed by atoms with Gasteiger partial charge in [-0.3, -0.25) is 0 Å². The summed E-state index contributed by atoms with van der Waals surface area (Å²) in [5.74, 6) is 1.79. The van der Waals surface area contributed by atoms with Gasteiger partial charge in [0, 0.05) is 24.6 Å². The minimum Gasteiger partial charge on any atom is -0.395 e. The van der Waals surface area contributed by atoms with Crippen molar-refractivity contribution in [2.45, 2.75) is 52.5 Å². The van der Waals surface area contributed by atoms with Crippen molar-refractivity contribution in [3.05, 3.63) is 17.0 Å². The molecule has 0 aliphatic rings. The van der Waals surface area contributed by atoms with E-state index in [1.807, 2.05) is 13.8 Å². The van der Waals surface area contributed by atoms with Crippen LogP contribution in [0.4, 0.5) is 5.82 Å². The Hall–Kier alpha value is -0.870. The Labute approximate surface area is 120 Å². The molecular formula is C14H24ClN3O. The molecule has 0 aliphatic carbocycles. The van der Waals surface area contributed by atoms with E-state index in [1.165, 1.54) is 0 Å². The average Bonchev–Trinajstić information content (AvgIpc) is 2.38. The van der Waals surface area contributed by atoms with Crippen LogP contribution in [-0.2, 0) is 0 Å². The van der Waals surface area contributed by atoms with Crippen LogP contribution >= 0.6 is 11.6 Å². The average molecular weight is 286 g/mol. The van der Waals surface area contributed by atoms with Gasteiger partial charge in [0.25, 0.3) is 0 Å². The highest BCUT2D eigenvalue weighted by molar-refractivity contribution is 6.29. The molecule has 19 heavy (non-hydrogen) atoms. The number of aliphatic hydroxyl groups is 1. The fourth-order valence-electron chi connectivity index (χ4n) is 2.15. The van der Waals surface area contributed by atoms with Crippen molar-refractivity contribution >= 4 is 17.4 Å². The minimum absolute atomic E-state index is 0.106. The number of halogens is 1. The summed E-state index contributed by atoms with van der Waals surface area (Å²) in [7, 11) is 0. The molecular weight excluding hydrogens is 262 g/mol. The van der Waals surface area contributed by atoms with Gasteiger partial charge >= 0.3 is 0 Å². The van der Waals surface area contributed by atoms with Gasteiger partial charge in [0.2, 0.25) is 0 Å². The fraction of sp³-hybridized carbons (Fsp3) is 0.714. The summed E-state index contributed by atoms with van der Waals surface area (Å²) in [6.45, 7) is 9.05. The van der Waals surface area contributed by atoms with Crippen LogP contribution in [0.25, 0.3) is 0 Å². The maximum Gasteiger partial charge on any atom is 0.135 e. The van der Waals surface area contributed by atoms with E-state index in [-0.39, 0.29) is 12.5 Å². The Morgan fingerprint density at radius 3 is 2.37 bits per heavy atom. The summed E-state index contributed by atoms with van der Waals surface area (Å²) in [6, 6.07) is 2.14. The Morgan fingerprint density at radius 1 is 1.26 bits per heavy atom. The molecule has 0 aromatic carbocycles. The van der Waals surface area contributed by atoms with Crippen molar-refractivity contribution in [3.8, 4) is 0 Å². The summed E-state index contributed by atoms with van der Waals surface area (Å²) >= 11 is 6.09. The molecule has 0 saturated carbocycles. The lowest BCUT2D eigenvalue weighted by Gasteiger charge is -2.31. The van der Waals surface area contributed by atoms with Crippen molar-refractivity contribution in [2.24, 2.45) is 0 Å². The number of anilines is 1. The highest BCUT2D eigenvalue weighted by Gasteiger charge is 2.18. The molecule has 1 rings (SSSR count). The molecule has 0 atom stereocenters. The van der Waals surface area contributed by atoms with Crippen LogP contribution in [0.5, 0.6) is 0 Å². The molecule has 0 bridgehead atoms. The van der Waals surface area contributed by atoms with Gasteiger partial charge in [-0.1, -0.05) is 39.3 Å². The zero-order valence-corrected chi connectivity index (χ0v) is 13.0. The Bertz CT molecular complexity index is 394. The maximum atomic E-state index is 9.27. The highest BCUT2D eigenvalue weighted by atomic mass is 35.5. The molecule has 1 N–H and O–H groups in total. The van der Waals surface area contributed by atoms with Gasteiger partial charge in [0.05, 0.1) is 6.61 Å². The van der Waals surface area contributed by atoms with Crippen LogP contribution in [0.3, 0.4) is 0 Å². The first-order chi connectivity index (χ1) is 9.03. The molecule has 1 aromatic rings. The van der Waals surface area contributed by atoms with Crippen molar-refractivity contribution in [1.82, 2.24) is 9.97 Å². The molecule has 0 saturated heterocycles. The van der Waals surface area contributed by atoms with Gasteiger partial charge < -0.3 is 10.0 Å². The van der Waals surface area contributed by atoms with Gasteiger partial charge in [-0.2, -0.15) is 0 Å². The third-order valence-corrected chi connectivity index (χ3v) is 3.43. The minimum atomic E-state index is 0.106. The molecule has 1 heterocycles. The van der Waals surface area contributed by atoms with Crippen molar-refractivity contribution < 1.29 is 5.11 Å². The first kappa shape index (κ1) is 16.2. The summed E-state index contributed by atoms with van der Waals surface area (Å²) in [5.41, 5.74) is 0. The largest absolute Gasteiger partial charge is 0.395 e. The molecule has 0 amide bonds. The monoisotopic (exact) mass is 285 g/mol. The second-order valence-corrected chi connectivity index (χ2v) is 5.34. The second-order valence-electron chi connectivity index (χ2n) is 4.95. The number of rotatable bonds is 7. The van der Waals surface area contributed by atoms with Crippen LogP contribution in [0.2, 0.25) is 5.15 Å². The first-order valence-corrected chi connectivity index (χ1v) is 7.33. The smallest absolute Gasteiger partial charge is 0.135 e. The van der Waals surface area contributed by atoms with E-state index in [4.69, 9.17) is 11.6 Å². The highest BCUT2D eigenvalue weighted by Crippen LogP contribution is 2.23. The Morgan fingerprint density at radius 2 is 1.89 bits per heavy atom. The molecule has 0 unspecified atom stereocenters. The molecule has 1 aromatic heterocycles. The van der Waals surface area contributed by atoms with Crippen LogP contribution in [0, 0.1) is 0 Å². The van der Waals surface area contributed by atoms with E-state index in [2.05, 4.69) is 28.7 Å². The lowest BCUT2D eigenvalue weighted by Crippen LogP contribution is -2.37. The molecule has 108 valence electrons. The maximum absolute atomic E-state index is 9.27. The Kier molecular flexibility index (Phi) is 6.52. The molecule has 0 radical (unpaired) electrons. The number of hydrogen-bond donors (Lipinski definition) is 1. The SMILES string of the molecule is CCC(CC)N(CCO)c1cc(Cl)nc(C(C)C)n1. The molecule has 0 aliphatic heterocycles. The van der Waals surface area contributed by atoms with Crippen molar-refractivity contribution in [1.29, 1.82) is 0 Å². The number of aliphatic hydroxyl groups excluding tert-OH is 1. The summed E-state index contributed by atoms with van der Waals surface area (Å²) < 4.78 is 0. The lowest BCUT2D eigenvalue weighted by atomic mass is 10.1. The standard InChI is InChI=1S/C14H24ClN3O/c1-5-11(6-2)18(7-8-19)13-9-12(15)16-14(17-13)10(3)4/h9-11,19H,5-8H2,1-4H3. The van der Waals surface area contributed by atoms with Crippen molar-refractivity contribution in [3.63, 3.8) is 0 Å². The summed E-state index contributed by atoms with van der Waals surface area (Å²) in [6.07, 6.45) is 2.02. The van der Waals surface area contributed by atoms with E-state index >= 15 is 0 Å². The summed E-state index contributed by atoms with van der Waals surface area (Å²) in [5, 5.41) is 9.73. The number of nitrogens with zero attached hydrogens (tertiary/aromatic N) is 3.